The molecule has 0 atom stereocenters. The van der Waals surface area contributed by atoms with E-state index in [4.69, 9.17) is 4.74 Å². The molecule has 0 radical (unpaired) electrons. The number of amides is 1. The molecule has 3 saturated carbocycles. The first kappa shape index (κ1) is 10.6. The van der Waals surface area contributed by atoms with E-state index in [9.17, 15) is 4.79 Å². The lowest BCUT2D eigenvalue weighted by atomic mass is 9.77. The van der Waals surface area contributed by atoms with Gasteiger partial charge in [-0.05, 0) is 37.2 Å². The summed E-state index contributed by atoms with van der Waals surface area (Å²) in [6.07, 6.45) is 4.41. The lowest BCUT2D eigenvalue weighted by Crippen LogP contribution is -2.51. The number of nitrogens with one attached hydrogen (secondary N) is 1. The summed E-state index contributed by atoms with van der Waals surface area (Å²) in [6, 6.07) is 9.77. The standard InChI is InChI=1S/C14H17NO2/c16-13(15-14-7-6-12(8-14)9-14)17-10-11-4-2-1-3-5-11/h1-5,12H,6-10H2,(H,15,16). The molecule has 3 aliphatic rings. The normalized spacial score (nSPS) is 29.5. The fraction of sp³-hybridized carbons (Fsp3) is 0.500. The van der Waals surface area contributed by atoms with Crippen LogP contribution in [0, 0.1) is 5.92 Å². The van der Waals surface area contributed by atoms with Gasteiger partial charge in [0.2, 0.25) is 0 Å². The molecule has 17 heavy (non-hydrogen) atoms. The fourth-order valence-corrected chi connectivity index (χ4v) is 3.07. The average molecular weight is 231 g/mol. The van der Waals surface area contributed by atoms with Crippen LogP contribution in [0.15, 0.2) is 30.3 Å². The first-order valence-electron chi connectivity index (χ1n) is 6.25. The highest BCUT2D eigenvalue weighted by Crippen LogP contribution is 2.51. The highest BCUT2D eigenvalue weighted by molar-refractivity contribution is 5.68. The van der Waals surface area contributed by atoms with E-state index in [-0.39, 0.29) is 11.6 Å². The second kappa shape index (κ2) is 4.06. The van der Waals surface area contributed by atoms with E-state index in [1.165, 1.54) is 6.42 Å². The number of hydrogen-bond acceptors (Lipinski definition) is 2. The van der Waals surface area contributed by atoms with Gasteiger partial charge in [-0.25, -0.2) is 4.79 Å². The van der Waals surface area contributed by atoms with Crippen LogP contribution in [-0.2, 0) is 11.3 Å². The summed E-state index contributed by atoms with van der Waals surface area (Å²) in [5, 5.41) is 3.03. The quantitative estimate of drug-likeness (QED) is 0.868. The summed E-state index contributed by atoms with van der Waals surface area (Å²) in [5.41, 5.74) is 1.11. The van der Waals surface area contributed by atoms with Crippen LogP contribution < -0.4 is 5.32 Å². The van der Waals surface area contributed by atoms with E-state index >= 15 is 0 Å². The van der Waals surface area contributed by atoms with Gasteiger partial charge in [-0.3, -0.25) is 0 Å². The van der Waals surface area contributed by atoms with Gasteiger partial charge in [-0.2, -0.15) is 0 Å². The summed E-state index contributed by atoms with van der Waals surface area (Å²) in [7, 11) is 0. The molecule has 0 spiro atoms. The van der Waals surface area contributed by atoms with Crippen LogP contribution in [0.4, 0.5) is 4.79 Å². The molecule has 1 aromatic rings. The molecule has 2 bridgehead atoms. The SMILES string of the molecule is O=C(NC12CCC(C1)C2)OCc1ccccc1. The summed E-state index contributed by atoms with van der Waals surface area (Å²) in [4.78, 5) is 11.7. The van der Waals surface area contributed by atoms with Crippen molar-refractivity contribution in [3.63, 3.8) is 0 Å². The maximum atomic E-state index is 11.7. The smallest absolute Gasteiger partial charge is 0.407 e. The number of rotatable bonds is 3. The molecule has 0 unspecified atom stereocenters. The van der Waals surface area contributed by atoms with E-state index in [0.29, 0.717) is 6.61 Å². The molecular weight excluding hydrogens is 214 g/mol. The van der Waals surface area contributed by atoms with Crippen molar-refractivity contribution in [3.05, 3.63) is 35.9 Å². The zero-order chi connectivity index (χ0) is 11.7. The zero-order valence-corrected chi connectivity index (χ0v) is 9.82. The van der Waals surface area contributed by atoms with Crippen molar-refractivity contribution >= 4 is 6.09 Å². The van der Waals surface area contributed by atoms with Gasteiger partial charge < -0.3 is 10.1 Å². The molecule has 4 rings (SSSR count). The van der Waals surface area contributed by atoms with Crippen LogP contribution in [0.25, 0.3) is 0 Å². The monoisotopic (exact) mass is 231 g/mol. The van der Waals surface area contributed by atoms with E-state index in [1.54, 1.807) is 0 Å². The molecule has 3 nitrogen and oxygen atoms in total. The lowest BCUT2D eigenvalue weighted by Gasteiger charge is -2.38. The van der Waals surface area contributed by atoms with Gasteiger partial charge in [0, 0.05) is 5.54 Å². The molecule has 3 heteroatoms. The summed E-state index contributed by atoms with van der Waals surface area (Å²) in [5.74, 6) is 0.851. The third-order valence-corrected chi connectivity index (χ3v) is 3.97. The molecule has 1 aromatic carbocycles. The maximum absolute atomic E-state index is 11.7. The number of hydrogen-bond donors (Lipinski definition) is 1. The minimum Gasteiger partial charge on any atom is -0.445 e. The van der Waals surface area contributed by atoms with E-state index in [2.05, 4.69) is 5.32 Å². The Hall–Kier alpha value is -1.51. The van der Waals surface area contributed by atoms with Crippen LogP contribution in [0.1, 0.15) is 31.2 Å². The highest BCUT2D eigenvalue weighted by Gasteiger charge is 2.51. The van der Waals surface area contributed by atoms with Crippen molar-refractivity contribution in [2.24, 2.45) is 5.92 Å². The molecular formula is C14H17NO2. The maximum Gasteiger partial charge on any atom is 0.407 e. The van der Waals surface area contributed by atoms with Crippen molar-refractivity contribution in [1.82, 2.24) is 5.32 Å². The number of carbonyl (C=O) groups excluding carboxylic acids is 1. The number of ether oxygens (including phenoxy) is 1. The lowest BCUT2D eigenvalue weighted by molar-refractivity contribution is 0.109. The highest BCUT2D eigenvalue weighted by atomic mass is 16.5. The van der Waals surface area contributed by atoms with Gasteiger partial charge in [0.1, 0.15) is 6.61 Å². The topological polar surface area (TPSA) is 38.3 Å². The van der Waals surface area contributed by atoms with Crippen molar-refractivity contribution < 1.29 is 9.53 Å². The number of benzene rings is 1. The second-order valence-corrected chi connectivity index (χ2v) is 5.28. The number of carbonyl (C=O) groups is 1. The third-order valence-electron chi connectivity index (χ3n) is 3.97. The molecule has 3 fully saturated rings. The Balaban J connectivity index is 1.48. The number of alkyl carbamates (subject to hydrolysis) is 1. The first-order chi connectivity index (χ1) is 8.26. The van der Waals surface area contributed by atoms with E-state index < -0.39 is 0 Å². The average Bonchev–Trinajstić information content (AvgIpc) is 2.87. The van der Waals surface area contributed by atoms with Crippen molar-refractivity contribution in [2.45, 2.75) is 37.8 Å². The van der Waals surface area contributed by atoms with Crippen molar-refractivity contribution in [2.75, 3.05) is 0 Å². The summed E-state index contributed by atoms with van der Waals surface area (Å²) in [6.45, 7) is 0.353. The Kier molecular flexibility index (Phi) is 2.54. The van der Waals surface area contributed by atoms with Crippen molar-refractivity contribution in [1.29, 1.82) is 0 Å². The third kappa shape index (κ3) is 2.14. The van der Waals surface area contributed by atoms with Gasteiger partial charge in [0.15, 0.2) is 0 Å². The summed E-state index contributed by atoms with van der Waals surface area (Å²) < 4.78 is 5.23. The van der Waals surface area contributed by atoms with Gasteiger partial charge in [0.05, 0.1) is 0 Å². The predicted octanol–water partition coefficient (Wildman–Crippen LogP) is 2.86. The largest absolute Gasteiger partial charge is 0.445 e. The Bertz CT molecular complexity index is 404. The Morgan fingerprint density at radius 3 is 2.76 bits per heavy atom. The van der Waals surface area contributed by atoms with Gasteiger partial charge in [-0.15, -0.1) is 0 Å². The first-order valence-corrected chi connectivity index (χ1v) is 6.25. The summed E-state index contributed by atoms with van der Waals surface area (Å²) >= 11 is 0. The Morgan fingerprint density at radius 1 is 1.35 bits per heavy atom. The second-order valence-electron chi connectivity index (χ2n) is 5.28. The van der Waals surface area contributed by atoms with Crippen LogP contribution in [0.2, 0.25) is 0 Å². The molecule has 90 valence electrons. The van der Waals surface area contributed by atoms with Crippen LogP contribution in [0.3, 0.4) is 0 Å². The van der Waals surface area contributed by atoms with Crippen LogP contribution >= 0.6 is 0 Å². The van der Waals surface area contributed by atoms with Gasteiger partial charge in [0.25, 0.3) is 0 Å². The Morgan fingerprint density at radius 2 is 2.12 bits per heavy atom. The van der Waals surface area contributed by atoms with Crippen LogP contribution in [-0.4, -0.2) is 11.6 Å². The fourth-order valence-electron chi connectivity index (χ4n) is 3.07. The van der Waals surface area contributed by atoms with E-state index in [0.717, 1.165) is 30.7 Å². The molecule has 0 saturated heterocycles. The predicted molar refractivity (Wildman–Crippen MR) is 64.5 cm³/mol. The Labute approximate surface area is 101 Å². The molecule has 1 N–H and O–H groups in total. The van der Waals surface area contributed by atoms with Gasteiger partial charge >= 0.3 is 6.09 Å². The zero-order valence-electron chi connectivity index (χ0n) is 9.82. The number of fused-ring (bicyclic) bond motifs is 1. The molecule has 1 amide bonds. The van der Waals surface area contributed by atoms with E-state index in [1.807, 2.05) is 30.3 Å². The molecule has 0 aromatic heterocycles. The van der Waals surface area contributed by atoms with Crippen molar-refractivity contribution in [3.8, 4) is 0 Å². The minimum absolute atomic E-state index is 0.0818. The van der Waals surface area contributed by atoms with Crippen LogP contribution in [0.5, 0.6) is 0 Å². The minimum atomic E-state index is -0.269. The van der Waals surface area contributed by atoms with Gasteiger partial charge in [-0.1, -0.05) is 30.3 Å². The molecule has 0 aliphatic heterocycles. The molecule has 3 aliphatic carbocycles. The molecule has 0 heterocycles.